The molecule has 2 N–H and O–H groups in total. The minimum Gasteiger partial charge on any atom is -0.484 e. The van der Waals surface area contributed by atoms with Gasteiger partial charge in [-0.25, -0.2) is 4.79 Å². The van der Waals surface area contributed by atoms with Crippen molar-refractivity contribution in [3.63, 3.8) is 0 Å². The zero-order chi connectivity index (χ0) is 23.1. The number of halogens is 4. The lowest BCUT2D eigenvalue weighted by Crippen LogP contribution is -2.19. The van der Waals surface area contributed by atoms with Crippen LogP contribution in [0.2, 0.25) is 5.02 Å². The van der Waals surface area contributed by atoms with Crippen molar-refractivity contribution in [1.29, 1.82) is 0 Å². The van der Waals surface area contributed by atoms with E-state index in [0.717, 1.165) is 4.90 Å². The Morgan fingerprint density at radius 2 is 1.62 bits per heavy atom. The van der Waals surface area contributed by atoms with Crippen molar-refractivity contribution >= 4 is 40.8 Å². The Bertz CT molecular complexity index is 1060. The van der Waals surface area contributed by atoms with Crippen LogP contribution in [-0.2, 0) is 5.75 Å². The third-order valence-electron chi connectivity index (χ3n) is 4.24. The van der Waals surface area contributed by atoms with Crippen molar-refractivity contribution in [3.05, 3.63) is 77.1 Å². The second-order valence-corrected chi connectivity index (χ2v) is 8.17. The minimum absolute atomic E-state index is 0.166. The average molecular weight is 482 g/mol. The van der Waals surface area contributed by atoms with Crippen molar-refractivity contribution in [2.75, 3.05) is 17.2 Å². The first kappa shape index (κ1) is 23.7. The average Bonchev–Trinajstić information content (AvgIpc) is 2.74. The molecule has 2 aromatic carbocycles. The maximum atomic E-state index is 12.4. The van der Waals surface area contributed by atoms with Crippen LogP contribution >= 0.6 is 23.4 Å². The van der Waals surface area contributed by atoms with Crippen molar-refractivity contribution < 1.29 is 22.7 Å². The zero-order valence-electron chi connectivity index (χ0n) is 16.9. The Kier molecular flexibility index (Phi) is 7.87. The molecule has 0 fully saturated rings. The van der Waals surface area contributed by atoms with E-state index in [-0.39, 0.29) is 11.8 Å². The molecule has 168 valence electrons. The van der Waals surface area contributed by atoms with E-state index < -0.39 is 12.8 Å². The highest BCUT2D eigenvalue weighted by atomic mass is 35.5. The summed E-state index contributed by atoms with van der Waals surface area (Å²) in [5, 5.41) is 6.02. The van der Waals surface area contributed by atoms with Gasteiger partial charge in [0.2, 0.25) is 0 Å². The van der Waals surface area contributed by atoms with Gasteiger partial charge in [-0.1, -0.05) is 11.6 Å². The monoisotopic (exact) mass is 481 g/mol. The molecule has 0 unspecified atom stereocenters. The van der Waals surface area contributed by atoms with Crippen LogP contribution in [0.15, 0.2) is 65.7 Å². The Morgan fingerprint density at radius 3 is 2.22 bits per heavy atom. The number of carbonyl (C=O) groups excluding carboxylic acids is 1. The van der Waals surface area contributed by atoms with Gasteiger partial charge in [0.15, 0.2) is 6.61 Å². The number of hydrogen-bond donors (Lipinski definition) is 2. The molecular weight excluding hydrogens is 463 g/mol. The molecule has 0 aliphatic rings. The van der Waals surface area contributed by atoms with E-state index in [1.165, 1.54) is 24.0 Å². The van der Waals surface area contributed by atoms with Crippen molar-refractivity contribution in [2.24, 2.45) is 0 Å². The normalized spacial score (nSPS) is 11.2. The largest absolute Gasteiger partial charge is 0.484 e. The summed E-state index contributed by atoms with van der Waals surface area (Å²) in [6.07, 6.45) is -2.97. The Labute approximate surface area is 192 Å². The fraction of sp³-hybridized carbons (Fsp3) is 0.182. The topological polar surface area (TPSA) is 63.2 Å². The first-order valence-electron chi connectivity index (χ1n) is 9.40. The summed E-state index contributed by atoms with van der Waals surface area (Å²) in [4.78, 5) is 17.3. The second-order valence-electron chi connectivity index (χ2n) is 6.68. The summed E-state index contributed by atoms with van der Waals surface area (Å²) < 4.78 is 42.1. The molecule has 0 radical (unpaired) electrons. The van der Waals surface area contributed by atoms with Gasteiger partial charge in [-0.15, -0.1) is 11.8 Å². The molecule has 3 aromatic rings. The summed E-state index contributed by atoms with van der Waals surface area (Å²) in [6, 6.07) is 15.0. The van der Waals surface area contributed by atoms with Gasteiger partial charge in [0.05, 0.1) is 5.69 Å². The smallest absolute Gasteiger partial charge is 0.422 e. The van der Waals surface area contributed by atoms with Crippen LogP contribution in [0.3, 0.4) is 0 Å². The Hall–Kier alpha value is -2.91. The van der Waals surface area contributed by atoms with Crippen molar-refractivity contribution in [3.8, 4) is 5.75 Å². The lowest BCUT2D eigenvalue weighted by atomic mass is 10.2. The molecule has 0 saturated carbocycles. The number of rotatable bonds is 7. The van der Waals surface area contributed by atoms with Gasteiger partial charge in [-0.3, -0.25) is 4.98 Å². The summed E-state index contributed by atoms with van der Waals surface area (Å²) in [5.41, 5.74) is 2.43. The van der Waals surface area contributed by atoms with Gasteiger partial charge in [-0.05, 0) is 61.5 Å². The fourth-order valence-corrected chi connectivity index (χ4v) is 3.68. The SMILES string of the molecule is Cc1c(OCC(F)(F)F)ccnc1CSc1ccc(NC(=O)Nc2ccc(Cl)cc2)cc1. The van der Waals surface area contributed by atoms with Gasteiger partial charge in [0.25, 0.3) is 0 Å². The molecule has 0 atom stereocenters. The maximum absolute atomic E-state index is 12.4. The van der Waals surface area contributed by atoms with E-state index >= 15 is 0 Å². The predicted molar refractivity (Wildman–Crippen MR) is 121 cm³/mol. The molecule has 32 heavy (non-hydrogen) atoms. The van der Waals surface area contributed by atoms with Crippen LogP contribution in [0.5, 0.6) is 5.75 Å². The molecule has 0 aliphatic heterocycles. The first-order valence-corrected chi connectivity index (χ1v) is 10.8. The van der Waals surface area contributed by atoms with Crippen LogP contribution in [0.25, 0.3) is 0 Å². The molecule has 2 amide bonds. The summed E-state index contributed by atoms with van der Waals surface area (Å²) in [6.45, 7) is 0.339. The maximum Gasteiger partial charge on any atom is 0.422 e. The molecule has 0 bridgehead atoms. The summed E-state index contributed by atoms with van der Waals surface area (Å²) >= 11 is 7.29. The van der Waals surface area contributed by atoms with Gasteiger partial charge < -0.3 is 15.4 Å². The predicted octanol–water partition coefficient (Wildman–Crippen LogP) is 6.92. The van der Waals surface area contributed by atoms with Gasteiger partial charge in [-0.2, -0.15) is 13.2 Å². The van der Waals surface area contributed by atoms with Crippen LogP contribution in [0, 0.1) is 6.92 Å². The number of thioether (sulfide) groups is 1. The fourth-order valence-electron chi connectivity index (χ4n) is 2.63. The lowest BCUT2D eigenvalue weighted by molar-refractivity contribution is -0.153. The number of benzene rings is 2. The van der Waals surface area contributed by atoms with Gasteiger partial charge in [0, 0.05) is 38.8 Å². The van der Waals surface area contributed by atoms with E-state index in [0.29, 0.717) is 33.4 Å². The number of ether oxygens (including phenoxy) is 1. The Morgan fingerprint density at radius 1 is 1.03 bits per heavy atom. The minimum atomic E-state index is -4.40. The van der Waals surface area contributed by atoms with Crippen molar-refractivity contribution in [1.82, 2.24) is 4.98 Å². The number of urea groups is 1. The number of amides is 2. The molecule has 5 nitrogen and oxygen atoms in total. The number of nitrogens with one attached hydrogen (secondary N) is 2. The number of anilines is 2. The molecule has 10 heteroatoms. The van der Waals surface area contributed by atoms with E-state index in [9.17, 15) is 18.0 Å². The van der Waals surface area contributed by atoms with Crippen LogP contribution in [-0.4, -0.2) is 23.8 Å². The second kappa shape index (κ2) is 10.6. The number of aromatic nitrogens is 1. The van der Waals surface area contributed by atoms with Crippen LogP contribution in [0.1, 0.15) is 11.3 Å². The van der Waals surface area contributed by atoms with E-state index in [1.54, 1.807) is 43.3 Å². The van der Waals surface area contributed by atoms with Crippen molar-refractivity contribution in [2.45, 2.75) is 23.7 Å². The molecular formula is C22H19ClF3N3O2S. The summed E-state index contributed by atoms with van der Waals surface area (Å²) in [7, 11) is 0. The highest BCUT2D eigenvalue weighted by Crippen LogP contribution is 2.29. The van der Waals surface area contributed by atoms with Gasteiger partial charge in [0.1, 0.15) is 5.75 Å². The standard InChI is InChI=1S/C22H19ClF3N3O2S/c1-14-19(27-11-10-20(14)31-13-22(24,25)26)12-32-18-8-6-17(7-9-18)29-21(30)28-16-4-2-15(23)3-5-16/h2-11H,12-13H2,1H3,(H2,28,29,30). The molecule has 0 aliphatic carbocycles. The number of pyridine rings is 1. The number of alkyl halides is 3. The van der Waals surface area contributed by atoms with Crippen LogP contribution < -0.4 is 15.4 Å². The quantitative estimate of drug-likeness (QED) is 0.359. The highest BCUT2D eigenvalue weighted by Gasteiger charge is 2.28. The number of carbonyl (C=O) groups is 1. The zero-order valence-corrected chi connectivity index (χ0v) is 18.4. The summed E-state index contributed by atoms with van der Waals surface area (Å²) in [5.74, 6) is 0.623. The first-order chi connectivity index (χ1) is 15.2. The van der Waals surface area contributed by atoms with Gasteiger partial charge >= 0.3 is 12.2 Å². The third-order valence-corrected chi connectivity index (χ3v) is 5.52. The third kappa shape index (κ3) is 7.35. The molecule has 3 rings (SSSR count). The number of nitrogens with zero attached hydrogens (tertiary/aromatic N) is 1. The van der Waals surface area contributed by atoms with E-state index in [1.807, 2.05) is 12.1 Å². The molecule has 1 heterocycles. The Balaban J connectivity index is 1.53. The van der Waals surface area contributed by atoms with Crippen LogP contribution in [0.4, 0.5) is 29.3 Å². The lowest BCUT2D eigenvalue weighted by Gasteiger charge is -2.13. The van der Waals surface area contributed by atoms with E-state index in [2.05, 4.69) is 15.6 Å². The molecule has 1 aromatic heterocycles. The molecule has 0 spiro atoms. The highest BCUT2D eigenvalue weighted by molar-refractivity contribution is 7.98. The number of hydrogen-bond acceptors (Lipinski definition) is 4. The molecule has 0 saturated heterocycles. The van der Waals surface area contributed by atoms with E-state index in [4.69, 9.17) is 16.3 Å².